The van der Waals surface area contributed by atoms with Crippen LogP contribution in [0.4, 0.5) is 10.1 Å². The largest absolute Gasteiger partial charge is 0.318 e. The molecule has 1 unspecified atom stereocenters. The minimum absolute atomic E-state index is 0.0588. The third kappa shape index (κ3) is 3.93. The molecule has 0 radical (unpaired) electrons. The molecule has 0 aromatic heterocycles. The van der Waals surface area contributed by atoms with Crippen LogP contribution in [0.1, 0.15) is 24.8 Å². The number of aryl methyl sites for hydroxylation is 1. The highest BCUT2D eigenvalue weighted by Crippen LogP contribution is 2.22. The van der Waals surface area contributed by atoms with Crippen molar-refractivity contribution < 1.29 is 12.8 Å². The molecule has 1 saturated heterocycles. The molecule has 2 rings (SSSR count). The van der Waals surface area contributed by atoms with Gasteiger partial charge in [-0.05, 0) is 44.5 Å². The molecule has 21 heavy (non-hydrogen) atoms. The predicted octanol–water partition coefficient (Wildman–Crippen LogP) is 1.86. The minimum atomic E-state index is -3.66. The van der Waals surface area contributed by atoms with Crippen LogP contribution in [0, 0.1) is 12.7 Å². The van der Waals surface area contributed by atoms with Gasteiger partial charge in [-0.3, -0.25) is 4.72 Å². The van der Waals surface area contributed by atoms with Crippen molar-refractivity contribution in [2.75, 3.05) is 24.9 Å². The highest BCUT2D eigenvalue weighted by atomic mass is 32.2. The summed E-state index contributed by atoms with van der Waals surface area (Å²) in [5.41, 5.74) is 0.746. The van der Waals surface area contributed by atoms with E-state index in [1.807, 2.05) is 7.05 Å². The molecule has 2 N–H and O–H groups in total. The van der Waals surface area contributed by atoms with Gasteiger partial charge in [0.1, 0.15) is 5.82 Å². The van der Waals surface area contributed by atoms with Gasteiger partial charge in [-0.25, -0.2) is 4.39 Å². The van der Waals surface area contributed by atoms with Gasteiger partial charge in [-0.15, -0.1) is 0 Å². The number of nitrogens with one attached hydrogen (secondary N) is 2. The first-order valence-corrected chi connectivity index (χ1v) is 8.58. The molecule has 1 aliphatic heterocycles. The topological polar surface area (TPSA) is 61.4 Å². The van der Waals surface area contributed by atoms with E-state index in [0.29, 0.717) is 18.7 Å². The van der Waals surface area contributed by atoms with Crippen LogP contribution in [0.15, 0.2) is 18.2 Å². The molecule has 1 atom stereocenters. The van der Waals surface area contributed by atoms with Crippen LogP contribution >= 0.6 is 0 Å². The molecule has 1 aromatic carbocycles. The quantitative estimate of drug-likeness (QED) is 0.872. The molecular formula is C14H22FN3O2S. The number of likely N-dealkylation sites (N-methyl/N-ethyl adjacent to an activating group) is 1. The summed E-state index contributed by atoms with van der Waals surface area (Å²) in [4.78, 5) is 0. The first-order valence-electron chi connectivity index (χ1n) is 7.14. The first kappa shape index (κ1) is 16.2. The molecule has 1 heterocycles. The number of hydrogen-bond acceptors (Lipinski definition) is 3. The van der Waals surface area contributed by atoms with Gasteiger partial charge < -0.3 is 5.32 Å². The maximum absolute atomic E-state index is 13.5. The highest BCUT2D eigenvalue weighted by Gasteiger charge is 2.31. The summed E-state index contributed by atoms with van der Waals surface area (Å²) in [5, 5.41) is 3.03. The van der Waals surface area contributed by atoms with Gasteiger partial charge in [-0.2, -0.15) is 12.7 Å². The molecule has 1 aliphatic rings. The molecule has 7 heteroatoms. The van der Waals surface area contributed by atoms with Crippen molar-refractivity contribution in [2.45, 2.75) is 32.2 Å². The summed E-state index contributed by atoms with van der Waals surface area (Å²) < 4.78 is 42.5. The van der Waals surface area contributed by atoms with E-state index in [1.54, 1.807) is 19.1 Å². The number of benzene rings is 1. The van der Waals surface area contributed by atoms with Crippen LogP contribution < -0.4 is 10.0 Å². The zero-order valence-electron chi connectivity index (χ0n) is 12.4. The van der Waals surface area contributed by atoms with Crippen molar-refractivity contribution in [3.63, 3.8) is 0 Å². The summed E-state index contributed by atoms with van der Waals surface area (Å²) >= 11 is 0. The SMILES string of the molecule is CNCC1CCCCN1S(=O)(=O)Nc1ccc(C)c(F)c1. The number of nitrogens with zero attached hydrogens (tertiary/aromatic N) is 1. The second-order valence-electron chi connectivity index (χ2n) is 5.39. The van der Waals surface area contributed by atoms with Crippen LogP contribution in [-0.4, -0.2) is 38.9 Å². The van der Waals surface area contributed by atoms with E-state index in [-0.39, 0.29) is 11.7 Å². The zero-order valence-corrected chi connectivity index (χ0v) is 13.2. The summed E-state index contributed by atoms with van der Waals surface area (Å²) in [5.74, 6) is -0.416. The second kappa shape index (κ2) is 6.72. The smallest absolute Gasteiger partial charge is 0.301 e. The third-order valence-electron chi connectivity index (χ3n) is 3.74. The van der Waals surface area contributed by atoms with E-state index in [0.717, 1.165) is 19.3 Å². The van der Waals surface area contributed by atoms with Gasteiger partial charge in [0, 0.05) is 19.1 Å². The minimum Gasteiger partial charge on any atom is -0.318 e. The summed E-state index contributed by atoms with van der Waals surface area (Å²) in [6.45, 7) is 2.75. The lowest BCUT2D eigenvalue weighted by atomic mass is 10.1. The normalized spacial score (nSPS) is 20.4. The van der Waals surface area contributed by atoms with Gasteiger partial charge in [0.05, 0.1) is 5.69 Å². The number of rotatable bonds is 5. The molecule has 0 amide bonds. The molecule has 0 bridgehead atoms. The van der Waals surface area contributed by atoms with E-state index in [9.17, 15) is 12.8 Å². The second-order valence-corrected chi connectivity index (χ2v) is 7.01. The third-order valence-corrected chi connectivity index (χ3v) is 5.33. The fourth-order valence-corrected chi connectivity index (χ4v) is 4.08. The van der Waals surface area contributed by atoms with Crippen LogP contribution in [-0.2, 0) is 10.2 Å². The lowest BCUT2D eigenvalue weighted by molar-refractivity contribution is 0.250. The number of hydrogen-bond donors (Lipinski definition) is 2. The molecule has 0 aliphatic carbocycles. The molecule has 5 nitrogen and oxygen atoms in total. The Labute approximate surface area is 125 Å². The summed E-state index contributed by atoms with van der Waals surface area (Å²) in [7, 11) is -1.85. The van der Waals surface area contributed by atoms with E-state index < -0.39 is 16.0 Å². The Hall–Kier alpha value is -1.18. The van der Waals surface area contributed by atoms with Crippen LogP contribution in [0.3, 0.4) is 0 Å². The van der Waals surface area contributed by atoms with Crippen molar-refractivity contribution in [3.05, 3.63) is 29.6 Å². The van der Waals surface area contributed by atoms with Crippen LogP contribution in [0.5, 0.6) is 0 Å². The first-order chi connectivity index (χ1) is 9.94. The Morgan fingerprint density at radius 3 is 2.81 bits per heavy atom. The number of halogens is 1. The lowest BCUT2D eigenvalue weighted by Gasteiger charge is -2.34. The Kier molecular flexibility index (Phi) is 5.18. The molecule has 1 fully saturated rings. The van der Waals surface area contributed by atoms with E-state index in [1.165, 1.54) is 10.4 Å². The molecular weight excluding hydrogens is 293 g/mol. The van der Waals surface area contributed by atoms with E-state index >= 15 is 0 Å². The maximum Gasteiger partial charge on any atom is 0.301 e. The monoisotopic (exact) mass is 315 g/mol. The van der Waals surface area contributed by atoms with E-state index in [2.05, 4.69) is 10.0 Å². The Morgan fingerprint density at radius 2 is 2.14 bits per heavy atom. The fourth-order valence-electron chi connectivity index (χ4n) is 2.59. The van der Waals surface area contributed by atoms with Crippen molar-refractivity contribution in [1.82, 2.24) is 9.62 Å². The van der Waals surface area contributed by atoms with E-state index in [4.69, 9.17) is 0 Å². The van der Waals surface area contributed by atoms with Crippen LogP contribution in [0.2, 0.25) is 0 Å². The molecule has 1 aromatic rings. The van der Waals surface area contributed by atoms with Crippen molar-refractivity contribution in [3.8, 4) is 0 Å². The average Bonchev–Trinajstić information content (AvgIpc) is 2.43. The van der Waals surface area contributed by atoms with Crippen molar-refractivity contribution in [1.29, 1.82) is 0 Å². The molecule has 118 valence electrons. The predicted molar refractivity (Wildman–Crippen MR) is 82.0 cm³/mol. The Balaban J connectivity index is 2.17. The van der Waals surface area contributed by atoms with Gasteiger partial charge in [0.15, 0.2) is 0 Å². The van der Waals surface area contributed by atoms with Gasteiger partial charge in [0.2, 0.25) is 0 Å². The van der Waals surface area contributed by atoms with Crippen LogP contribution in [0.25, 0.3) is 0 Å². The average molecular weight is 315 g/mol. The number of anilines is 1. The van der Waals surface area contributed by atoms with Crippen molar-refractivity contribution in [2.24, 2.45) is 0 Å². The fraction of sp³-hybridized carbons (Fsp3) is 0.571. The number of piperidine rings is 1. The summed E-state index contributed by atoms with van der Waals surface area (Å²) in [6.07, 6.45) is 2.71. The summed E-state index contributed by atoms with van der Waals surface area (Å²) in [6, 6.07) is 4.29. The van der Waals surface area contributed by atoms with Gasteiger partial charge in [0.25, 0.3) is 0 Å². The Morgan fingerprint density at radius 1 is 1.38 bits per heavy atom. The molecule has 0 spiro atoms. The standard InChI is InChI=1S/C14H22FN3O2S/c1-11-6-7-12(9-14(11)15)17-21(19,20)18-8-4-3-5-13(18)10-16-2/h6-7,9,13,16-17H,3-5,8,10H2,1-2H3. The maximum atomic E-state index is 13.5. The van der Waals surface area contributed by atoms with Crippen molar-refractivity contribution >= 4 is 15.9 Å². The zero-order chi connectivity index (χ0) is 15.5. The van der Waals surface area contributed by atoms with Gasteiger partial charge in [-0.1, -0.05) is 12.5 Å². The Bertz CT molecular complexity index is 590. The molecule has 0 saturated carbocycles. The lowest BCUT2D eigenvalue weighted by Crippen LogP contribution is -2.49. The van der Waals surface area contributed by atoms with Gasteiger partial charge >= 0.3 is 10.2 Å². The highest BCUT2D eigenvalue weighted by molar-refractivity contribution is 7.90.